The van der Waals surface area contributed by atoms with E-state index in [-0.39, 0.29) is 31.2 Å². The third-order valence-corrected chi connectivity index (χ3v) is 4.63. The molecule has 1 saturated carbocycles. The molecule has 1 aromatic heterocycles. The van der Waals surface area contributed by atoms with Crippen molar-refractivity contribution in [3.8, 4) is 0 Å². The maximum atomic E-state index is 12.9. The minimum Gasteiger partial charge on any atom is -0.351 e. The van der Waals surface area contributed by atoms with Crippen LogP contribution in [0.3, 0.4) is 0 Å². The highest BCUT2D eigenvalue weighted by atomic mass is 19.3. The van der Waals surface area contributed by atoms with Crippen molar-refractivity contribution in [3.63, 3.8) is 0 Å². The first-order valence-electron chi connectivity index (χ1n) is 8.38. The molecule has 132 valence electrons. The maximum Gasteiger partial charge on any atom is 0.252 e. The minimum atomic E-state index is -2.68. The number of halogens is 2. The van der Waals surface area contributed by atoms with E-state index in [1.165, 1.54) is 0 Å². The fourth-order valence-corrected chi connectivity index (χ4v) is 3.22. The molecular formula is C16H22F2N4O2. The molecule has 2 aliphatic rings. The van der Waals surface area contributed by atoms with Crippen LogP contribution in [0, 0.1) is 0 Å². The summed E-state index contributed by atoms with van der Waals surface area (Å²) in [6.45, 7) is 2.67. The Balaban J connectivity index is 1.67. The van der Waals surface area contributed by atoms with Crippen molar-refractivity contribution in [2.24, 2.45) is 0 Å². The summed E-state index contributed by atoms with van der Waals surface area (Å²) in [6.07, 6.45) is 3.13. The second-order valence-corrected chi connectivity index (χ2v) is 6.63. The summed E-state index contributed by atoms with van der Waals surface area (Å²) in [4.78, 5) is 26.5. The Morgan fingerprint density at radius 1 is 1.42 bits per heavy atom. The van der Waals surface area contributed by atoms with Gasteiger partial charge in [-0.3, -0.25) is 14.3 Å². The van der Waals surface area contributed by atoms with Gasteiger partial charge in [-0.2, -0.15) is 5.10 Å². The third kappa shape index (κ3) is 3.42. The smallest absolute Gasteiger partial charge is 0.252 e. The number of fused-ring (bicyclic) bond motifs is 1. The van der Waals surface area contributed by atoms with Crippen molar-refractivity contribution in [2.75, 3.05) is 6.54 Å². The van der Waals surface area contributed by atoms with Crippen LogP contribution >= 0.6 is 0 Å². The molecule has 1 N–H and O–H groups in total. The summed E-state index contributed by atoms with van der Waals surface area (Å²) in [6, 6.07) is 0.609. The molecule has 0 saturated heterocycles. The highest BCUT2D eigenvalue weighted by molar-refractivity contribution is 5.83. The van der Waals surface area contributed by atoms with E-state index in [4.69, 9.17) is 0 Å². The zero-order valence-electron chi connectivity index (χ0n) is 13.7. The van der Waals surface area contributed by atoms with E-state index in [1.807, 2.05) is 6.92 Å². The summed E-state index contributed by atoms with van der Waals surface area (Å²) in [5, 5.41) is 6.82. The van der Waals surface area contributed by atoms with Crippen molar-refractivity contribution in [2.45, 2.75) is 63.6 Å². The lowest BCUT2D eigenvalue weighted by Gasteiger charge is -2.38. The van der Waals surface area contributed by atoms with Gasteiger partial charge in [-0.05, 0) is 12.5 Å². The van der Waals surface area contributed by atoms with Gasteiger partial charge < -0.3 is 10.2 Å². The average molecular weight is 340 g/mol. The van der Waals surface area contributed by atoms with Crippen molar-refractivity contribution in [1.29, 1.82) is 0 Å². The van der Waals surface area contributed by atoms with E-state index in [9.17, 15) is 18.4 Å². The molecule has 24 heavy (non-hydrogen) atoms. The molecule has 0 spiro atoms. The molecule has 1 atom stereocenters. The Hall–Kier alpha value is -1.99. The third-order valence-electron chi connectivity index (χ3n) is 4.63. The van der Waals surface area contributed by atoms with E-state index >= 15 is 0 Å². The van der Waals surface area contributed by atoms with Gasteiger partial charge in [-0.1, -0.05) is 13.3 Å². The normalized spacial score (nSPS) is 22.6. The van der Waals surface area contributed by atoms with Gasteiger partial charge in [-0.25, -0.2) is 8.78 Å². The van der Waals surface area contributed by atoms with E-state index in [0.29, 0.717) is 13.0 Å². The van der Waals surface area contributed by atoms with Crippen molar-refractivity contribution in [1.82, 2.24) is 20.0 Å². The molecule has 8 heteroatoms. The number of carbonyl (C=O) groups excluding carboxylic acids is 2. The van der Waals surface area contributed by atoms with Gasteiger partial charge in [0, 0.05) is 31.5 Å². The lowest BCUT2D eigenvalue weighted by atomic mass is 9.88. The molecule has 2 amide bonds. The summed E-state index contributed by atoms with van der Waals surface area (Å²) in [5.74, 6) is -3.02. The SMILES string of the molecule is CCCCC(=O)N1Cc2ccnn2[C@H](C(=O)NC2CC(F)(F)C2)C1. The molecule has 0 bridgehead atoms. The molecule has 0 aromatic carbocycles. The number of unbranched alkanes of at least 4 members (excludes halogenated alkanes) is 1. The Kier molecular flexibility index (Phi) is 4.56. The Bertz CT molecular complexity index is 623. The van der Waals surface area contributed by atoms with Crippen molar-refractivity contribution >= 4 is 11.8 Å². The highest BCUT2D eigenvalue weighted by Crippen LogP contribution is 2.37. The van der Waals surface area contributed by atoms with Gasteiger partial charge in [0.25, 0.3) is 5.92 Å². The number of amides is 2. The van der Waals surface area contributed by atoms with Crippen LogP contribution < -0.4 is 5.32 Å². The fourth-order valence-electron chi connectivity index (χ4n) is 3.22. The average Bonchev–Trinajstić information content (AvgIpc) is 2.98. The molecule has 1 fully saturated rings. The molecule has 1 aliphatic heterocycles. The van der Waals surface area contributed by atoms with Crippen LogP contribution in [0.5, 0.6) is 0 Å². The summed E-state index contributed by atoms with van der Waals surface area (Å²) < 4.78 is 27.5. The largest absolute Gasteiger partial charge is 0.351 e. The van der Waals surface area contributed by atoms with Crippen LogP contribution in [0.25, 0.3) is 0 Å². The van der Waals surface area contributed by atoms with Crippen LogP contribution in [0.4, 0.5) is 8.78 Å². The first-order valence-corrected chi connectivity index (χ1v) is 8.38. The van der Waals surface area contributed by atoms with Gasteiger partial charge in [0.2, 0.25) is 11.8 Å². The number of nitrogens with one attached hydrogen (secondary N) is 1. The number of aromatic nitrogens is 2. The number of nitrogens with zero attached hydrogens (tertiary/aromatic N) is 3. The second kappa shape index (κ2) is 6.49. The Morgan fingerprint density at radius 3 is 2.83 bits per heavy atom. The topological polar surface area (TPSA) is 67.2 Å². The van der Waals surface area contributed by atoms with Gasteiger partial charge in [0.05, 0.1) is 18.8 Å². The molecule has 0 radical (unpaired) electrons. The molecule has 6 nitrogen and oxygen atoms in total. The number of carbonyl (C=O) groups is 2. The standard InChI is InChI=1S/C16H22F2N4O2/c1-2-3-4-14(23)21-9-12-5-6-19-22(12)13(10-21)15(24)20-11-7-16(17,18)8-11/h5-6,11,13H,2-4,7-10H2,1H3,(H,20,24)/t13-/m0/s1. The number of rotatable bonds is 5. The quantitative estimate of drug-likeness (QED) is 0.890. The molecule has 1 aliphatic carbocycles. The summed E-state index contributed by atoms with van der Waals surface area (Å²) in [7, 11) is 0. The first kappa shape index (κ1) is 16.9. The maximum absolute atomic E-state index is 12.9. The van der Waals surface area contributed by atoms with E-state index in [1.54, 1.807) is 21.8 Å². The molecule has 2 heterocycles. The van der Waals surface area contributed by atoms with Crippen LogP contribution in [0.15, 0.2) is 12.3 Å². The van der Waals surface area contributed by atoms with Gasteiger partial charge in [0.15, 0.2) is 0 Å². The fraction of sp³-hybridized carbons (Fsp3) is 0.688. The van der Waals surface area contributed by atoms with Gasteiger partial charge in [-0.15, -0.1) is 0 Å². The zero-order valence-corrected chi connectivity index (χ0v) is 13.7. The summed E-state index contributed by atoms with van der Waals surface area (Å²) >= 11 is 0. The van der Waals surface area contributed by atoms with Crippen molar-refractivity contribution in [3.05, 3.63) is 18.0 Å². The Labute approximate surface area is 139 Å². The van der Waals surface area contributed by atoms with Gasteiger partial charge in [0.1, 0.15) is 6.04 Å². The Morgan fingerprint density at radius 2 is 2.17 bits per heavy atom. The summed E-state index contributed by atoms with van der Waals surface area (Å²) in [5.41, 5.74) is 0.783. The molecule has 3 rings (SSSR count). The lowest BCUT2D eigenvalue weighted by Crippen LogP contribution is -2.54. The van der Waals surface area contributed by atoms with Gasteiger partial charge >= 0.3 is 0 Å². The highest BCUT2D eigenvalue weighted by Gasteiger charge is 2.47. The minimum absolute atomic E-state index is 0.0114. The molecule has 0 unspecified atom stereocenters. The second-order valence-electron chi connectivity index (χ2n) is 6.63. The van der Waals surface area contributed by atoms with Crippen LogP contribution in [0.2, 0.25) is 0 Å². The van der Waals surface area contributed by atoms with E-state index in [0.717, 1.165) is 18.5 Å². The number of hydrogen-bond donors (Lipinski definition) is 1. The van der Waals surface area contributed by atoms with Crippen LogP contribution in [-0.4, -0.2) is 45.0 Å². The predicted octanol–water partition coefficient (Wildman–Crippen LogP) is 1.87. The number of hydrogen-bond acceptors (Lipinski definition) is 3. The number of alkyl halides is 2. The zero-order chi connectivity index (χ0) is 17.3. The van der Waals surface area contributed by atoms with E-state index in [2.05, 4.69) is 10.4 Å². The lowest BCUT2D eigenvalue weighted by molar-refractivity contribution is -0.138. The van der Waals surface area contributed by atoms with Crippen LogP contribution in [-0.2, 0) is 16.1 Å². The van der Waals surface area contributed by atoms with E-state index < -0.39 is 18.0 Å². The molecular weight excluding hydrogens is 318 g/mol. The first-order chi connectivity index (χ1) is 11.4. The van der Waals surface area contributed by atoms with Crippen molar-refractivity contribution < 1.29 is 18.4 Å². The molecule has 1 aromatic rings. The monoisotopic (exact) mass is 340 g/mol. The predicted molar refractivity (Wildman–Crippen MR) is 82.3 cm³/mol. The van der Waals surface area contributed by atoms with Crippen LogP contribution in [0.1, 0.15) is 50.8 Å².